The first-order valence-electron chi connectivity index (χ1n) is 12.1. The molecular weight excluding hydrogens is 446 g/mol. The summed E-state index contributed by atoms with van der Waals surface area (Å²) in [5.74, 6) is 0.679. The number of amides is 2. The van der Waals surface area contributed by atoms with E-state index in [0.717, 1.165) is 68.6 Å². The number of nitrogens with one attached hydrogen (secondary N) is 2. The summed E-state index contributed by atoms with van der Waals surface area (Å²) in [5.41, 5.74) is 7.71. The minimum absolute atomic E-state index is 0.114. The van der Waals surface area contributed by atoms with Gasteiger partial charge in [0, 0.05) is 50.9 Å². The molecule has 11 heteroatoms. The highest BCUT2D eigenvalue weighted by Gasteiger charge is 2.25. The highest BCUT2D eigenvalue weighted by molar-refractivity contribution is 5.98. The third-order valence-electron chi connectivity index (χ3n) is 6.83. The molecule has 184 valence electrons. The molecule has 1 saturated carbocycles. The van der Waals surface area contributed by atoms with Gasteiger partial charge in [-0.1, -0.05) is 12.8 Å². The minimum atomic E-state index is -0.295. The second-order valence-electron chi connectivity index (χ2n) is 9.15. The van der Waals surface area contributed by atoms with Gasteiger partial charge >= 0.3 is 0 Å². The predicted molar refractivity (Wildman–Crippen MR) is 134 cm³/mol. The number of piperazine rings is 1. The fourth-order valence-corrected chi connectivity index (χ4v) is 5.05. The van der Waals surface area contributed by atoms with Crippen LogP contribution in [-0.4, -0.2) is 76.0 Å². The van der Waals surface area contributed by atoms with Gasteiger partial charge in [0.2, 0.25) is 11.9 Å². The first-order valence-corrected chi connectivity index (χ1v) is 12.1. The lowest BCUT2D eigenvalue weighted by Crippen LogP contribution is -2.48. The van der Waals surface area contributed by atoms with Crippen molar-refractivity contribution in [3.8, 4) is 0 Å². The molecular formula is C24H31N9O2. The number of aromatic nitrogens is 4. The summed E-state index contributed by atoms with van der Waals surface area (Å²) in [6.07, 6.45) is 7.98. The van der Waals surface area contributed by atoms with Crippen molar-refractivity contribution < 1.29 is 9.59 Å². The molecule has 4 heterocycles. The molecule has 0 aromatic carbocycles. The average molecular weight is 478 g/mol. The Kier molecular flexibility index (Phi) is 6.49. The van der Waals surface area contributed by atoms with E-state index in [1.165, 1.54) is 0 Å². The number of nitrogens with zero attached hydrogens (tertiary/aromatic N) is 6. The van der Waals surface area contributed by atoms with Crippen LogP contribution in [0.15, 0.2) is 30.6 Å². The molecule has 3 aromatic heterocycles. The van der Waals surface area contributed by atoms with Gasteiger partial charge in [-0.05, 0) is 31.0 Å². The molecule has 3 aromatic rings. The number of primary amides is 1. The van der Waals surface area contributed by atoms with Crippen molar-refractivity contribution in [3.05, 3.63) is 36.3 Å². The van der Waals surface area contributed by atoms with Crippen LogP contribution < -0.4 is 21.3 Å². The lowest BCUT2D eigenvalue weighted by Gasteiger charge is -2.35. The third-order valence-corrected chi connectivity index (χ3v) is 6.83. The molecule has 11 nitrogen and oxygen atoms in total. The van der Waals surface area contributed by atoms with Crippen molar-refractivity contribution in [1.29, 1.82) is 0 Å². The Hall–Kier alpha value is -3.73. The molecule has 0 spiro atoms. The van der Waals surface area contributed by atoms with Crippen molar-refractivity contribution in [1.82, 2.24) is 29.7 Å². The van der Waals surface area contributed by atoms with Gasteiger partial charge in [0.15, 0.2) is 0 Å². The summed E-state index contributed by atoms with van der Waals surface area (Å²) in [4.78, 5) is 41.7. The predicted octanol–water partition coefficient (Wildman–Crippen LogP) is 1.65. The zero-order valence-electron chi connectivity index (χ0n) is 19.9. The fourth-order valence-electron chi connectivity index (χ4n) is 5.05. The standard InChI is InChI=1S/C24H31N9O2/c1-26-23(35)19-12-16-13-28-24(30-22(16)33(19)17-4-2-3-5-17)29-21-7-6-18(14-27-21)32-10-8-31(9-11-32)15-20(25)34/h6-7,12-14,17H,2-5,8-11,15H2,1H3,(H2,25,34)(H,26,35)(H,27,28,29,30). The van der Waals surface area contributed by atoms with E-state index < -0.39 is 0 Å². The molecule has 1 aliphatic carbocycles. The summed E-state index contributed by atoms with van der Waals surface area (Å²) in [6.45, 7) is 3.50. The van der Waals surface area contributed by atoms with Gasteiger partial charge in [-0.15, -0.1) is 0 Å². The number of hydrogen-bond donors (Lipinski definition) is 3. The van der Waals surface area contributed by atoms with Crippen LogP contribution in [0.3, 0.4) is 0 Å². The Morgan fingerprint density at radius 3 is 2.51 bits per heavy atom. The number of carbonyl (C=O) groups is 2. The van der Waals surface area contributed by atoms with Crippen LogP contribution in [0, 0.1) is 0 Å². The topological polar surface area (TPSA) is 134 Å². The summed E-state index contributed by atoms with van der Waals surface area (Å²) < 4.78 is 2.07. The Labute approximate surface area is 203 Å². The van der Waals surface area contributed by atoms with E-state index >= 15 is 0 Å². The molecule has 0 unspecified atom stereocenters. The van der Waals surface area contributed by atoms with Crippen molar-refractivity contribution in [3.63, 3.8) is 0 Å². The van der Waals surface area contributed by atoms with E-state index in [4.69, 9.17) is 10.7 Å². The molecule has 1 saturated heterocycles. The number of pyridine rings is 1. The van der Waals surface area contributed by atoms with E-state index in [1.807, 2.05) is 24.4 Å². The third kappa shape index (κ3) is 4.90. The first-order chi connectivity index (χ1) is 17.0. The van der Waals surface area contributed by atoms with Gasteiger partial charge < -0.3 is 25.8 Å². The van der Waals surface area contributed by atoms with Gasteiger partial charge in [0.1, 0.15) is 17.2 Å². The summed E-state index contributed by atoms with van der Waals surface area (Å²) in [7, 11) is 1.65. The number of nitrogens with two attached hydrogens (primary N) is 1. The largest absolute Gasteiger partial charge is 0.369 e. The van der Waals surface area contributed by atoms with E-state index in [1.54, 1.807) is 13.2 Å². The Balaban J connectivity index is 1.32. The quantitative estimate of drug-likeness (QED) is 0.468. The molecule has 1 aliphatic heterocycles. The van der Waals surface area contributed by atoms with Crippen molar-refractivity contribution >= 4 is 40.3 Å². The average Bonchev–Trinajstić information content (AvgIpc) is 3.52. The van der Waals surface area contributed by atoms with Gasteiger partial charge in [-0.2, -0.15) is 4.98 Å². The van der Waals surface area contributed by atoms with E-state index in [-0.39, 0.29) is 17.9 Å². The molecule has 0 radical (unpaired) electrons. The van der Waals surface area contributed by atoms with Crippen molar-refractivity contribution in [2.75, 3.05) is 50.0 Å². The van der Waals surface area contributed by atoms with Gasteiger partial charge in [0.05, 0.1) is 18.4 Å². The molecule has 2 aliphatic rings. The molecule has 4 N–H and O–H groups in total. The maximum Gasteiger partial charge on any atom is 0.267 e. The molecule has 0 bridgehead atoms. The zero-order valence-corrected chi connectivity index (χ0v) is 19.9. The smallest absolute Gasteiger partial charge is 0.267 e. The van der Waals surface area contributed by atoms with Crippen LogP contribution in [-0.2, 0) is 4.79 Å². The van der Waals surface area contributed by atoms with E-state index in [0.29, 0.717) is 24.0 Å². The fraction of sp³-hybridized carbons (Fsp3) is 0.458. The maximum atomic E-state index is 12.5. The SMILES string of the molecule is CNC(=O)c1cc2cnc(Nc3ccc(N4CCN(CC(N)=O)CC4)cn3)nc2n1C1CCCC1. The second-order valence-corrected chi connectivity index (χ2v) is 9.15. The molecule has 35 heavy (non-hydrogen) atoms. The first kappa shape index (κ1) is 23.0. The number of rotatable bonds is 7. The Morgan fingerprint density at radius 2 is 1.86 bits per heavy atom. The number of hydrogen-bond acceptors (Lipinski definition) is 8. The van der Waals surface area contributed by atoms with Crippen molar-refractivity contribution in [2.45, 2.75) is 31.7 Å². The van der Waals surface area contributed by atoms with Gasteiger partial charge in [0.25, 0.3) is 5.91 Å². The van der Waals surface area contributed by atoms with Crippen LogP contribution >= 0.6 is 0 Å². The molecule has 2 fully saturated rings. The second kappa shape index (κ2) is 9.87. The number of fused-ring (bicyclic) bond motifs is 1. The Morgan fingerprint density at radius 1 is 1.09 bits per heavy atom. The summed E-state index contributed by atoms with van der Waals surface area (Å²) in [6, 6.07) is 6.06. The zero-order chi connectivity index (χ0) is 24.4. The highest BCUT2D eigenvalue weighted by Crippen LogP contribution is 2.34. The van der Waals surface area contributed by atoms with E-state index in [2.05, 4.69) is 35.0 Å². The normalized spacial score (nSPS) is 17.1. The maximum absolute atomic E-state index is 12.5. The lowest BCUT2D eigenvalue weighted by atomic mass is 10.2. The molecule has 5 rings (SSSR count). The van der Waals surface area contributed by atoms with Crippen LogP contribution in [0.25, 0.3) is 11.0 Å². The van der Waals surface area contributed by atoms with Crippen LogP contribution in [0.4, 0.5) is 17.5 Å². The van der Waals surface area contributed by atoms with Crippen LogP contribution in [0.2, 0.25) is 0 Å². The lowest BCUT2D eigenvalue weighted by molar-refractivity contribution is -0.119. The minimum Gasteiger partial charge on any atom is -0.369 e. The van der Waals surface area contributed by atoms with Crippen molar-refractivity contribution in [2.24, 2.45) is 5.73 Å². The highest BCUT2D eigenvalue weighted by atomic mass is 16.2. The van der Waals surface area contributed by atoms with Gasteiger partial charge in [-0.25, -0.2) is 9.97 Å². The molecule has 0 atom stereocenters. The van der Waals surface area contributed by atoms with E-state index in [9.17, 15) is 9.59 Å². The van der Waals surface area contributed by atoms with Gasteiger partial charge in [-0.3, -0.25) is 14.5 Å². The van der Waals surface area contributed by atoms with Crippen LogP contribution in [0.1, 0.15) is 42.2 Å². The van der Waals surface area contributed by atoms with Crippen LogP contribution in [0.5, 0.6) is 0 Å². The monoisotopic (exact) mass is 477 g/mol. The molecule has 2 amide bonds. The number of carbonyl (C=O) groups excluding carboxylic acids is 2. The number of anilines is 3. The Bertz CT molecular complexity index is 1210. The summed E-state index contributed by atoms with van der Waals surface area (Å²) >= 11 is 0. The summed E-state index contributed by atoms with van der Waals surface area (Å²) in [5, 5.41) is 6.79.